The third-order valence-electron chi connectivity index (χ3n) is 2.80. The van der Waals surface area contributed by atoms with Crippen LogP contribution in [-0.2, 0) is 0 Å². The van der Waals surface area contributed by atoms with Crippen LogP contribution in [0.2, 0.25) is 0 Å². The number of furan rings is 1. The summed E-state index contributed by atoms with van der Waals surface area (Å²) in [6.45, 7) is 0.686. The topological polar surface area (TPSA) is 33.5 Å². The maximum atomic E-state index is 12.8. The summed E-state index contributed by atoms with van der Waals surface area (Å²) in [5.41, 5.74) is 0.757. The van der Waals surface area contributed by atoms with Crippen molar-refractivity contribution in [1.29, 1.82) is 0 Å². The summed E-state index contributed by atoms with van der Waals surface area (Å²) in [6, 6.07) is 9.38. The van der Waals surface area contributed by atoms with E-state index in [4.69, 9.17) is 4.42 Å². The number of hydrogen-bond acceptors (Lipinski definition) is 3. The molecule has 100 valence electrons. The minimum atomic E-state index is -0.294. The average Bonchev–Trinajstić information content (AvgIpc) is 2.86. The highest BCUT2D eigenvalue weighted by Gasteiger charge is 2.12. The fraction of sp³-hybridized carbons (Fsp3) is 0.267. The van der Waals surface area contributed by atoms with Gasteiger partial charge < -0.3 is 9.32 Å². The molecule has 3 nitrogen and oxygen atoms in total. The summed E-state index contributed by atoms with van der Waals surface area (Å²) in [5, 5.41) is 0. The summed E-state index contributed by atoms with van der Waals surface area (Å²) >= 11 is 0. The molecule has 0 bridgehead atoms. The molecule has 0 fully saturated rings. The highest BCUT2D eigenvalue weighted by atomic mass is 19.1. The number of carbonyl (C=O) groups is 1. The van der Waals surface area contributed by atoms with Gasteiger partial charge in [0.1, 0.15) is 11.6 Å². The minimum absolute atomic E-state index is 0.0259. The van der Waals surface area contributed by atoms with Crippen LogP contribution in [-0.4, -0.2) is 31.3 Å². The number of hydrogen-bond donors (Lipinski definition) is 0. The van der Waals surface area contributed by atoms with Crippen molar-refractivity contribution in [2.75, 3.05) is 20.6 Å². The number of ketones is 1. The van der Waals surface area contributed by atoms with Crippen LogP contribution < -0.4 is 0 Å². The smallest absolute Gasteiger partial charge is 0.199 e. The summed E-state index contributed by atoms with van der Waals surface area (Å²) in [4.78, 5) is 13.8. The Kier molecular flexibility index (Phi) is 4.12. The van der Waals surface area contributed by atoms with Crippen molar-refractivity contribution in [3.63, 3.8) is 0 Å². The molecule has 0 amide bonds. The Balaban J connectivity index is 2.10. The molecule has 1 heterocycles. The van der Waals surface area contributed by atoms with Crippen LogP contribution in [0.3, 0.4) is 0 Å². The van der Waals surface area contributed by atoms with Crippen LogP contribution in [0.15, 0.2) is 40.8 Å². The Hall–Kier alpha value is -1.94. The maximum absolute atomic E-state index is 12.8. The SMILES string of the molecule is CN(C)CCC(=O)c1ccc(-c2ccc(F)cc2)o1. The number of carbonyl (C=O) groups excluding carboxylic acids is 1. The highest BCUT2D eigenvalue weighted by molar-refractivity contribution is 5.94. The zero-order valence-electron chi connectivity index (χ0n) is 11.0. The van der Waals surface area contributed by atoms with Crippen molar-refractivity contribution in [3.05, 3.63) is 48.0 Å². The molecule has 4 heteroatoms. The Morgan fingerprint density at radius 1 is 1.16 bits per heavy atom. The van der Waals surface area contributed by atoms with Crippen LogP contribution in [0.25, 0.3) is 11.3 Å². The Morgan fingerprint density at radius 2 is 1.84 bits per heavy atom. The summed E-state index contributed by atoms with van der Waals surface area (Å²) in [5.74, 6) is 0.606. The molecule has 2 aromatic rings. The number of nitrogens with zero attached hydrogens (tertiary/aromatic N) is 1. The number of halogens is 1. The number of benzene rings is 1. The fourth-order valence-corrected chi connectivity index (χ4v) is 1.71. The van der Waals surface area contributed by atoms with Crippen LogP contribution in [0.5, 0.6) is 0 Å². The fourth-order valence-electron chi connectivity index (χ4n) is 1.71. The highest BCUT2D eigenvalue weighted by Crippen LogP contribution is 2.23. The van der Waals surface area contributed by atoms with Gasteiger partial charge >= 0.3 is 0 Å². The lowest BCUT2D eigenvalue weighted by atomic mass is 10.2. The minimum Gasteiger partial charge on any atom is -0.453 e. The Morgan fingerprint density at radius 3 is 2.47 bits per heavy atom. The zero-order valence-corrected chi connectivity index (χ0v) is 11.0. The monoisotopic (exact) mass is 261 g/mol. The van der Waals surface area contributed by atoms with E-state index in [1.54, 1.807) is 24.3 Å². The van der Waals surface area contributed by atoms with Crippen molar-refractivity contribution in [1.82, 2.24) is 4.90 Å². The summed E-state index contributed by atoms with van der Waals surface area (Å²) in [6.07, 6.45) is 0.420. The van der Waals surface area contributed by atoms with Crippen LogP contribution in [0.4, 0.5) is 4.39 Å². The molecule has 19 heavy (non-hydrogen) atoms. The molecule has 0 radical (unpaired) electrons. The van der Waals surface area contributed by atoms with E-state index >= 15 is 0 Å². The summed E-state index contributed by atoms with van der Waals surface area (Å²) < 4.78 is 18.3. The quantitative estimate of drug-likeness (QED) is 0.775. The lowest BCUT2D eigenvalue weighted by Crippen LogP contribution is -2.16. The zero-order chi connectivity index (χ0) is 13.8. The van der Waals surface area contributed by atoms with E-state index in [9.17, 15) is 9.18 Å². The second-order valence-corrected chi connectivity index (χ2v) is 4.65. The first kappa shape index (κ1) is 13.5. The molecule has 2 rings (SSSR count). The van der Waals surface area contributed by atoms with E-state index in [0.717, 1.165) is 5.56 Å². The van der Waals surface area contributed by atoms with E-state index in [1.807, 2.05) is 19.0 Å². The standard InChI is InChI=1S/C15H16FNO2/c1-17(2)10-9-13(18)15-8-7-14(19-15)11-3-5-12(16)6-4-11/h3-8H,9-10H2,1-2H3. The molecule has 1 aromatic heterocycles. The molecular weight excluding hydrogens is 245 g/mol. The van der Waals surface area contributed by atoms with Crippen LogP contribution >= 0.6 is 0 Å². The first-order valence-electron chi connectivity index (χ1n) is 6.10. The number of rotatable bonds is 5. The van der Waals surface area contributed by atoms with E-state index in [-0.39, 0.29) is 11.6 Å². The van der Waals surface area contributed by atoms with E-state index in [2.05, 4.69) is 0 Å². The van der Waals surface area contributed by atoms with Gasteiger partial charge in [-0.1, -0.05) is 0 Å². The van der Waals surface area contributed by atoms with Gasteiger partial charge in [0.05, 0.1) is 0 Å². The van der Waals surface area contributed by atoms with E-state index in [0.29, 0.717) is 24.5 Å². The second kappa shape index (κ2) is 5.80. The van der Waals surface area contributed by atoms with Gasteiger partial charge in [0.25, 0.3) is 0 Å². The first-order valence-corrected chi connectivity index (χ1v) is 6.10. The predicted molar refractivity (Wildman–Crippen MR) is 71.6 cm³/mol. The third kappa shape index (κ3) is 3.51. The molecule has 0 aliphatic heterocycles. The van der Waals surface area contributed by atoms with Crippen molar-refractivity contribution in [2.24, 2.45) is 0 Å². The molecule has 0 atom stereocenters. The lowest BCUT2D eigenvalue weighted by molar-refractivity contribution is 0.0946. The van der Waals surface area contributed by atoms with Gasteiger partial charge in [0.2, 0.25) is 0 Å². The molecule has 0 spiro atoms. The molecule has 1 aromatic carbocycles. The molecule has 0 unspecified atom stereocenters. The van der Waals surface area contributed by atoms with Gasteiger partial charge in [-0.05, 0) is 50.5 Å². The predicted octanol–water partition coefficient (Wildman–Crippen LogP) is 3.22. The molecule has 0 saturated carbocycles. The Labute approximate surface area is 111 Å². The lowest BCUT2D eigenvalue weighted by Gasteiger charge is -2.06. The van der Waals surface area contributed by atoms with Gasteiger partial charge in [-0.25, -0.2) is 4.39 Å². The Bertz CT molecular complexity index is 558. The van der Waals surface area contributed by atoms with Crippen molar-refractivity contribution >= 4 is 5.78 Å². The third-order valence-corrected chi connectivity index (χ3v) is 2.80. The van der Waals surface area contributed by atoms with Gasteiger partial charge in [-0.3, -0.25) is 4.79 Å². The largest absolute Gasteiger partial charge is 0.453 e. The normalized spacial score (nSPS) is 10.9. The van der Waals surface area contributed by atoms with E-state index in [1.165, 1.54) is 12.1 Å². The van der Waals surface area contributed by atoms with Crippen LogP contribution in [0.1, 0.15) is 17.0 Å². The van der Waals surface area contributed by atoms with Gasteiger partial charge in [0.15, 0.2) is 11.5 Å². The maximum Gasteiger partial charge on any atom is 0.199 e. The summed E-state index contributed by atoms with van der Waals surface area (Å²) in [7, 11) is 3.83. The average molecular weight is 261 g/mol. The number of Topliss-reactive ketones (excluding diaryl/α,β-unsaturated/α-hetero) is 1. The van der Waals surface area contributed by atoms with Crippen molar-refractivity contribution < 1.29 is 13.6 Å². The molecule has 0 aliphatic carbocycles. The van der Waals surface area contributed by atoms with Crippen molar-refractivity contribution in [2.45, 2.75) is 6.42 Å². The molecule has 0 N–H and O–H groups in total. The molecule has 0 saturated heterocycles. The van der Waals surface area contributed by atoms with Crippen molar-refractivity contribution in [3.8, 4) is 11.3 Å². The van der Waals surface area contributed by atoms with E-state index < -0.39 is 0 Å². The van der Waals surface area contributed by atoms with Gasteiger partial charge in [-0.15, -0.1) is 0 Å². The van der Waals surface area contributed by atoms with Crippen LogP contribution in [0, 0.1) is 5.82 Å². The molecular formula is C15H16FNO2. The van der Waals surface area contributed by atoms with Gasteiger partial charge in [-0.2, -0.15) is 0 Å². The first-order chi connectivity index (χ1) is 9.06. The molecule has 0 aliphatic rings. The van der Waals surface area contributed by atoms with Gasteiger partial charge in [0, 0.05) is 18.5 Å². The second-order valence-electron chi connectivity index (χ2n) is 4.65.